The zero-order valence-electron chi connectivity index (χ0n) is 14.2. The van der Waals surface area contributed by atoms with Gasteiger partial charge >= 0.3 is 0 Å². The van der Waals surface area contributed by atoms with Crippen LogP contribution in [0.3, 0.4) is 0 Å². The molecule has 1 unspecified atom stereocenters. The molecule has 4 N–H and O–H groups in total. The number of hydrogen-bond acceptors (Lipinski definition) is 6. The molecular formula is C17H23N7. The fraction of sp³-hybridized carbons (Fsp3) is 0.353. The van der Waals surface area contributed by atoms with Crippen LogP contribution < -0.4 is 16.4 Å². The highest BCUT2D eigenvalue weighted by molar-refractivity contribution is 5.86. The van der Waals surface area contributed by atoms with Crippen molar-refractivity contribution in [2.75, 3.05) is 22.9 Å². The number of nitrogens with zero attached hydrogens (tertiary/aromatic N) is 4. The van der Waals surface area contributed by atoms with Crippen LogP contribution in [0.4, 0.5) is 17.5 Å². The molecule has 0 fully saturated rings. The van der Waals surface area contributed by atoms with Gasteiger partial charge in [-0.3, -0.25) is 4.68 Å². The third-order valence-corrected chi connectivity index (χ3v) is 4.03. The second-order valence-electron chi connectivity index (χ2n) is 6.18. The van der Waals surface area contributed by atoms with Crippen LogP contribution >= 0.6 is 0 Å². The number of nitrogens with one attached hydrogen (secondary N) is 2. The lowest BCUT2D eigenvalue weighted by Crippen LogP contribution is -2.33. The first kappa shape index (κ1) is 16.0. The molecule has 0 bridgehead atoms. The molecule has 3 rings (SSSR count). The van der Waals surface area contributed by atoms with Gasteiger partial charge in [0.05, 0.1) is 11.6 Å². The zero-order chi connectivity index (χ0) is 17.1. The van der Waals surface area contributed by atoms with E-state index >= 15 is 0 Å². The molecule has 0 spiro atoms. The maximum atomic E-state index is 6.00. The van der Waals surface area contributed by atoms with Gasteiger partial charge in [-0.15, -0.1) is 0 Å². The van der Waals surface area contributed by atoms with Crippen molar-refractivity contribution in [2.45, 2.75) is 19.9 Å². The quantitative estimate of drug-likeness (QED) is 0.645. The summed E-state index contributed by atoms with van der Waals surface area (Å²) in [4.78, 5) is 8.83. The standard InChI is InChI=1S/C17H23N7/c1-11(2)14(21-12-7-5-4-6-8-12)10-19-17-22-15(18)13-9-20-24(3)16(13)23-17/h4-9,11,14,21H,10H2,1-3H3,(H3,18,19,22,23). The summed E-state index contributed by atoms with van der Waals surface area (Å²) < 4.78 is 1.70. The van der Waals surface area contributed by atoms with Crippen LogP contribution in [-0.4, -0.2) is 32.3 Å². The van der Waals surface area contributed by atoms with Gasteiger partial charge in [-0.05, 0) is 18.1 Å². The smallest absolute Gasteiger partial charge is 0.226 e. The summed E-state index contributed by atoms with van der Waals surface area (Å²) >= 11 is 0. The van der Waals surface area contributed by atoms with Crippen molar-refractivity contribution < 1.29 is 0 Å². The van der Waals surface area contributed by atoms with Gasteiger partial charge in [0.25, 0.3) is 0 Å². The first-order valence-corrected chi connectivity index (χ1v) is 8.05. The summed E-state index contributed by atoms with van der Waals surface area (Å²) in [6, 6.07) is 10.4. The molecule has 0 amide bonds. The lowest BCUT2D eigenvalue weighted by Gasteiger charge is -2.24. The fourth-order valence-electron chi connectivity index (χ4n) is 2.53. The third-order valence-electron chi connectivity index (χ3n) is 4.03. The molecule has 0 aliphatic carbocycles. The van der Waals surface area contributed by atoms with E-state index in [2.05, 4.69) is 51.7 Å². The van der Waals surface area contributed by atoms with Gasteiger partial charge in [0.2, 0.25) is 5.95 Å². The summed E-state index contributed by atoms with van der Waals surface area (Å²) in [7, 11) is 1.84. The van der Waals surface area contributed by atoms with Gasteiger partial charge in [0.1, 0.15) is 5.82 Å². The molecule has 3 aromatic rings. The molecule has 7 heteroatoms. The van der Waals surface area contributed by atoms with Crippen molar-refractivity contribution in [2.24, 2.45) is 13.0 Å². The monoisotopic (exact) mass is 325 g/mol. The molecule has 1 aromatic carbocycles. The summed E-state index contributed by atoms with van der Waals surface area (Å²) in [6.07, 6.45) is 1.68. The van der Waals surface area contributed by atoms with Gasteiger partial charge in [0.15, 0.2) is 5.65 Å². The molecule has 0 saturated heterocycles. The molecule has 24 heavy (non-hydrogen) atoms. The van der Waals surface area contributed by atoms with E-state index in [1.807, 2.05) is 25.2 Å². The van der Waals surface area contributed by atoms with Crippen LogP contribution in [-0.2, 0) is 7.05 Å². The predicted octanol–water partition coefficient (Wildman–Crippen LogP) is 2.49. The van der Waals surface area contributed by atoms with E-state index in [0.717, 1.165) is 16.7 Å². The first-order chi connectivity index (χ1) is 11.5. The van der Waals surface area contributed by atoms with Gasteiger partial charge in [-0.1, -0.05) is 32.0 Å². The molecule has 0 saturated carbocycles. The fourth-order valence-corrected chi connectivity index (χ4v) is 2.53. The number of benzene rings is 1. The maximum absolute atomic E-state index is 6.00. The summed E-state index contributed by atoms with van der Waals surface area (Å²) in [6.45, 7) is 5.05. The Morgan fingerprint density at radius 3 is 2.62 bits per heavy atom. The van der Waals surface area contributed by atoms with Crippen molar-refractivity contribution in [3.8, 4) is 0 Å². The van der Waals surface area contributed by atoms with E-state index in [4.69, 9.17) is 5.73 Å². The van der Waals surface area contributed by atoms with Crippen molar-refractivity contribution >= 4 is 28.5 Å². The Balaban J connectivity index is 1.74. The van der Waals surface area contributed by atoms with Crippen LogP contribution in [0.25, 0.3) is 11.0 Å². The van der Waals surface area contributed by atoms with Crippen LogP contribution in [0.2, 0.25) is 0 Å². The summed E-state index contributed by atoms with van der Waals surface area (Å²) in [5.74, 6) is 1.40. The molecule has 7 nitrogen and oxygen atoms in total. The second kappa shape index (κ2) is 6.74. The van der Waals surface area contributed by atoms with Gasteiger partial charge in [-0.25, -0.2) is 0 Å². The number of aryl methyl sites for hydroxylation is 1. The molecule has 2 heterocycles. The molecule has 2 aromatic heterocycles. The van der Waals surface area contributed by atoms with E-state index in [1.165, 1.54) is 0 Å². The number of nitrogens with two attached hydrogens (primary N) is 1. The average Bonchev–Trinajstić information content (AvgIpc) is 2.94. The minimum absolute atomic E-state index is 0.236. The van der Waals surface area contributed by atoms with Crippen molar-refractivity contribution in [1.29, 1.82) is 0 Å². The predicted molar refractivity (Wildman–Crippen MR) is 97.9 cm³/mol. The number of nitrogen functional groups attached to an aromatic ring is 1. The van der Waals surface area contributed by atoms with Gasteiger partial charge in [0, 0.05) is 25.3 Å². The van der Waals surface area contributed by atoms with E-state index in [-0.39, 0.29) is 6.04 Å². The summed E-state index contributed by atoms with van der Waals surface area (Å²) in [5.41, 5.74) is 7.82. The largest absolute Gasteiger partial charge is 0.383 e. The Bertz CT molecular complexity index is 810. The number of anilines is 3. The van der Waals surface area contributed by atoms with Crippen molar-refractivity contribution in [3.63, 3.8) is 0 Å². The Morgan fingerprint density at radius 2 is 1.92 bits per heavy atom. The number of rotatable bonds is 6. The highest BCUT2D eigenvalue weighted by Crippen LogP contribution is 2.19. The summed E-state index contributed by atoms with van der Waals surface area (Å²) in [5, 5.41) is 11.8. The van der Waals surface area contributed by atoms with E-state index < -0.39 is 0 Å². The van der Waals surface area contributed by atoms with Crippen LogP contribution in [0.15, 0.2) is 36.5 Å². The number of aromatic nitrogens is 4. The molecule has 0 aliphatic heterocycles. The Labute approximate surface area is 141 Å². The highest BCUT2D eigenvalue weighted by atomic mass is 15.3. The topological polar surface area (TPSA) is 93.7 Å². The lowest BCUT2D eigenvalue weighted by molar-refractivity contribution is 0.541. The Morgan fingerprint density at radius 1 is 1.17 bits per heavy atom. The minimum atomic E-state index is 0.236. The molecule has 1 atom stereocenters. The van der Waals surface area contributed by atoms with E-state index in [0.29, 0.717) is 24.2 Å². The van der Waals surface area contributed by atoms with E-state index in [1.54, 1.807) is 10.9 Å². The first-order valence-electron chi connectivity index (χ1n) is 8.05. The van der Waals surface area contributed by atoms with Crippen LogP contribution in [0.5, 0.6) is 0 Å². The maximum Gasteiger partial charge on any atom is 0.226 e. The molecule has 0 radical (unpaired) electrons. The van der Waals surface area contributed by atoms with Gasteiger partial charge < -0.3 is 16.4 Å². The normalized spacial score (nSPS) is 12.5. The third kappa shape index (κ3) is 3.40. The van der Waals surface area contributed by atoms with Crippen molar-refractivity contribution in [3.05, 3.63) is 36.5 Å². The van der Waals surface area contributed by atoms with Crippen molar-refractivity contribution in [1.82, 2.24) is 19.7 Å². The van der Waals surface area contributed by atoms with E-state index in [9.17, 15) is 0 Å². The molecule has 126 valence electrons. The number of fused-ring (bicyclic) bond motifs is 1. The minimum Gasteiger partial charge on any atom is -0.383 e. The second-order valence-corrected chi connectivity index (χ2v) is 6.18. The molecule has 0 aliphatic rings. The SMILES string of the molecule is CC(C)C(CNc1nc(N)c2cnn(C)c2n1)Nc1ccccc1. The number of para-hydroxylation sites is 1. The zero-order valence-corrected chi connectivity index (χ0v) is 14.2. The Kier molecular flexibility index (Phi) is 4.50. The van der Waals surface area contributed by atoms with Crippen LogP contribution in [0.1, 0.15) is 13.8 Å². The highest BCUT2D eigenvalue weighted by Gasteiger charge is 2.15. The Hall–Kier alpha value is -2.83. The van der Waals surface area contributed by atoms with Crippen LogP contribution in [0, 0.1) is 5.92 Å². The van der Waals surface area contributed by atoms with Gasteiger partial charge in [-0.2, -0.15) is 15.1 Å². The molecular weight excluding hydrogens is 302 g/mol. The number of hydrogen-bond donors (Lipinski definition) is 3. The lowest BCUT2D eigenvalue weighted by atomic mass is 10.0. The average molecular weight is 325 g/mol.